The minimum Gasteiger partial charge on any atom is -0.194 e. The van der Waals surface area contributed by atoms with Gasteiger partial charge in [-0.25, -0.2) is 0 Å². The first kappa shape index (κ1) is 45.6. The van der Waals surface area contributed by atoms with Gasteiger partial charge in [0.25, 0.3) is 0 Å². The quantitative estimate of drug-likeness (QED) is 0.157. The summed E-state index contributed by atoms with van der Waals surface area (Å²) in [7, 11) is -4.55. The Hall–Kier alpha value is -2.60. The molecule has 0 nitrogen and oxygen atoms in total. The molecule has 0 spiro atoms. The molecule has 0 fully saturated rings. The number of hydrogen-bond acceptors (Lipinski definition) is 0. The first-order valence-corrected chi connectivity index (χ1v) is 15.4. The van der Waals surface area contributed by atoms with Crippen LogP contribution in [0.25, 0.3) is 0 Å². The third-order valence-corrected chi connectivity index (χ3v) is 10.2. The fourth-order valence-electron chi connectivity index (χ4n) is 4.38. The van der Waals surface area contributed by atoms with Crippen LogP contribution in [0.5, 0.6) is 0 Å². The third-order valence-electron chi connectivity index (χ3n) is 7.76. The van der Waals surface area contributed by atoms with Crippen LogP contribution in [0.15, 0.2) is 48.5 Å². The van der Waals surface area contributed by atoms with E-state index in [-0.39, 0.29) is 11.1 Å². The van der Waals surface area contributed by atoms with Crippen molar-refractivity contribution in [2.45, 2.75) is 112 Å². The minimum absolute atomic E-state index is 0.261. The summed E-state index contributed by atoms with van der Waals surface area (Å²) in [6.45, 7) is 9.26. The summed E-state index contributed by atoms with van der Waals surface area (Å²) in [6, 6.07) is 6.33. The van der Waals surface area contributed by atoms with Crippen molar-refractivity contribution in [2.75, 3.05) is 0 Å². The second-order valence-electron chi connectivity index (χ2n) is 13.6. The van der Waals surface area contributed by atoms with Gasteiger partial charge in [-0.1, -0.05) is 90.1 Å². The average Bonchev–Trinajstić information content (AvgIpc) is 2.95. The van der Waals surface area contributed by atoms with E-state index in [1.165, 1.54) is 0 Å². The molecule has 0 amide bonds. The van der Waals surface area contributed by atoms with E-state index in [0.29, 0.717) is 24.3 Å². The average molecular weight is 816 g/mol. The molecular weight excluding hydrogens is 790 g/mol. The van der Waals surface area contributed by atoms with Gasteiger partial charge >= 0.3 is 59.2 Å². The number of rotatable bonds is 11. The zero-order valence-electron chi connectivity index (χ0n) is 27.0. The molecule has 0 bridgehead atoms. The Morgan fingerprint density at radius 2 is 0.519 bits per heavy atom. The van der Waals surface area contributed by atoms with Gasteiger partial charge in [-0.2, -0.15) is 92.2 Å². The van der Waals surface area contributed by atoms with E-state index < -0.39 is 88.6 Å². The summed E-state index contributed by atoms with van der Waals surface area (Å²) in [5.74, 6) is -70.7. The lowest BCUT2D eigenvalue weighted by Gasteiger charge is -2.45. The molecule has 0 aliphatic heterocycles. The van der Waals surface area contributed by atoms with E-state index in [2.05, 4.69) is 0 Å². The van der Waals surface area contributed by atoms with Crippen LogP contribution in [0.4, 0.5) is 92.2 Å². The maximum absolute atomic E-state index is 15.9. The molecule has 0 saturated heterocycles. The van der Waals surface area contributed by atoms with E-state index in [0.717, 1.165) is 24.3 Å². The van der Waals surface area contributed by atoms with Crippen LogP contribution in [0, 0.1) is 0 Å². The van der Waals surface area contributed by atoms with Gasteiger partial charge in [0.15, 0.2) is 0 Å². The summed E-state index contributed by atoms with van der Waals surface area (Å²) in [4.78, 5) is 0. The zero-order valence-corrected chi connectivity index (χ0v) is 27.9. The van der Waals surface area contributed by atoms with Gasteiger partial charge in [0.2, 0.25) is 0 Å². The van der Waals surface area contributed by atoms with E-state index in [9.17, 15) is 74.6 Å². The molecule has 0 aromatic heterocycles. The molecule has 0 aliphatic rings. The highest BCUT2D eigenvalue weighted by molar-refractivity contribution is 7.74. The molecule has 22 heteroatoms. The normalized spacial score (nSPS) is 15.8. The molecule has 0 saturated carbocycles. The number of hydrogen-bond donors (Lipinski definition) is 0. The second-order valence-corrected chi connectivity index (χ2v) is 15.8. The molecule has 0 unspecified atom stereocenters. The van der Waals surface area contributed by atoms with Crippen molar-refractivity contribution < 1.29 is 92.2 Å². The molecule has 2 rings (SSSR count). The summed E-state index contributed by atoms with van der Waals surface area (Å²) in [5.41, 5.74) is -7.88. The van der Waals surface area contributed by atoms with Crippen molar-refractivity contribution in [3.8, 4) is 0 Å². The van der Waals surface area contributed by atoms with Gasteiger partial charge in [0, 0.05) is 7.92 Å². The van der Waals surface area contributed by atoms with Crippen LogP contribution in [-0.2, 0) is 10.8 Å². The lowest BCUT2D eigenvalue weighted by atomic mass is 9.87. The highest BCUT2D eigenvalue weighted by Crippen LogP contribution is 2.69. The fraction of sp³-hybridized carbons (Fsp3) is 0.600. The molecule has 2 aromatic carbocycles. The molecule has 52 heavy (non-hydrogen) atoms. The van der Waals surface area contributed by atoms with Crippen LogP contribution in [0.1, 0.15) is 52.7 Å². The van der Waals surface area contributed by atoms with E-state index in [4.69, 9.17) is 0 Å². The van der Waals surface area contributed by atoms with Crippen molar-refractivity contribution in [3.63, 3.8) is 0 Å². The highest BCUT2D eigenvalue weighted by atomic mass is 31.1. The lowest BCUT2D eigenvalue weighted by Crippen LogP contribution is -2.76. The Morgan fingerprint density at radius 3 is 0.731 bits per heavy atom. The van der Waals surface area contributed by atoms with E-state index in [1.54, 1.807) is 41.5 Å². The largest absolute Gasteiger partial charge is 0.460 e. The maximum atomic E-state index is 15.9. The van der Waals surface area contributed by atoms with Crippen LogP contribution < -0.4 is 10.6 Å². The molecular formula is C30H26F21P. The standard InChI is InChI=1S/C30H26F21P/c1-19(2,3)15-7-11-17(12-8-15)52(18-13-9-16(10-14-18)20(4,5)6)30(50,51)28(45,46)26(41,42)24(37,38)22(33,34)21(31,32)23(35,36)25(39,40)27(43,44)29(47,48)49/h7-14H,1-6H3. The van der Waals surface area contributed by atoms with Gasteiger partial charge in [-0.3, -0.25) is 0 Å². The number of benzene rings is 2. The Morgan fingerprint density at radius 1 is 0.308 bits per heavy atom. The molecule has 0 aliphatic carbocycles. The predicted octanol–water partition coefficient (Wildman–Crippen LogP) is 12.0. The van der Waals surface area contributed by atoms with Crippen molar-refractivity contribution in [1.82, 2.24) is 0 Å². The first-order valence-electron chi connectivity index (χ1n) is 14.0. The van der Waals surface area contributed by atoms with Crippen molar-refractivity contribution in [1.29, 1.82) is 0 Å². The smallest absolute Gasteiger partial charge is 0.194 e. The van der Waals surface area contributed by atoms with Gasteiger partial charge in [-0.15, -0.1) is 0 Å². The molecule has 298 valence electrons. The third kappa shape index (κ3) is 6.59. The molecule has 0 N–H and O–H groups in total. The topological polar surface area (TPSA) is 0 Å². The van der Waals surface area contributed by atoms with Crippen LogP contribution in [0.2, 0.25) is 0 Å². The molecule has 0 heterocycles. The summed E-state index contributed by atoms with van der Waals surface area (Å²) < 4.78 is 296. The number of alkyl halides is 21. The van der Waals surface area contributed by atoms with Gasteiger partial charge in [-0.05, 0) is 32.6 Å². The highest BCUT2D eigenvalue weighted by Gasteiger charge is 2.98. The lowest BCUT2D eigenvalue weighted by molar-refractivity contribution is -0.472. The Labute approximate surface area is 282 Å². The van der Waals surface area contributed by atoms with Gasteiger partial charge < -0.3 is 0 Å². The fourth-order valence-corrected chi connectivity index (χ4v) is 6.65. The molecule has 2 aromatic rings. The summed E-state index contributed by atoms with van der Waals surface area (Å²) in [6.07, 6.45) is -8.03. The predicted molar refractivity (Wildman–Crippen MR) is 147 cm³/mol. The van der Waals surface area contributed by atoms with Crippen LogP contribution in [0.3, 0.4) is 0 Å². The molecule has 0 atom stereocenters. The maximum Gasteiger partial charge on any atom is 0.460 e. The van der Waals surface area contributed by atoms with Crippen LogP contribution >= 0.6 is 7.92 Å². The SMILES string of the molecule is CC(C)(C)c1ccc(P(c2ccc(C(C)(C)C)cc2)C(F)(F)C(F)(F)C(F)(F)C(F)(F)C(F)(F)C(F)(F)C(F)(F)C(F)(F)C(F)(F)C(F)(F)F)cc1. The monoisotopic (exact) mass is 816 g/mol. The first-order chi connectivity index (χ1) is 22.5. The second kappa shape index (κ2) is 12.7. The van der Waals surface area contributed by atoms with E-state index in [1.807, 2.05) is 0 Å². The Balaban J connectivity index is 2.89. The van der Waals surface area contributed by atoms with E-state index >= 15 is 17.6 Å². The minimum atomic E-state index is -9.22. The zero-order chi connectivity index (χ0) is 41.5. The van der Waals surface area contributed by atoms with Crippen molar-refractivity contribution in [3.05, 3.63) is 59.7 Å². The van der Waals surface area contributed by atoms with Crippen molar-refractivity contribution >= 4 is 18.5 Å². The summed E-state index contributed by atoms with van der Waals surface area (Å²) in [5, 5.41) is -2.15. The van der Waals surface area contributed by atoms with Crippen molar-refractivity contribution in [2.24, 2.45) is 0 Å². The summed E-state index contributed by atoms with van der Waals surface area (Å²) >= 11 is 0. The van der Waals surface area contributed by atoms with Gasteiger partial charge in [0.05, 0.1) is 0 Å². The number of halogens is 21. The Kier molecular flexibility index (Phi) is 11.2. The van der Waals surface area contributed by atoms with Crippen LogP contribution in [-0.4, -0.2) is 59.2 Å². The molecule has 0 radical (unpaired) electrons. The Bertz CT molecular complexity index is 1500. The van der Waals surface area contributed by atoms with Gasteiger partial charge in [0.1, 0.15) is 0 Å².